The summed E-state index contributed by atoms with van der Waals surface area (Å²) in [5.41, 5.74) is 0. The number of methoxy groups -OCH3 is 1. The molecule has 152 valence electrons. The highest BCUT2D eigenvalue weighted by Gasteiger charge is 2.75. The van der Waals surface area contributed by atoms with Gasteiger partial charge >= 0.3 is 36.7 Å². The van der Waals surface area contributed by atoms with Crippen molar-refractivity contribution < 1.29 is 76.0 Å². The van der Waals surface area contributed by atoms with E-state index in [9.17, 15) is 57.1 Å². The smallest absolute Gasteiger partial charge is 0.317 e. The number of alkyl halides is 13. The third kappa shape index (κ3) is 4.98. The maximum absolute atomic E-state index is 12.8. The molecule has 17 heteroatoms. The van der Waals surface area contributed by atoms with Crippen LogP contribution in [0.25, 0.3) is 0 Å². The molecular formula is C8H5F13O4. The molecule has 0 aromatic heterocycles. The molecule has 0 bridgehead atoms. The summed E-state index contributed by atoms with van der Waals surface area (Å²) in [6, 6.07) is 0. The molecule has 0 saturated carbocycles. The van der Waals surface area contributed by atoms with E-state index in [4.69, 9.17) is 0 Å². The van der Waals surface area contributed by atoms with Crippen LogP contribution in [0.15, 0.2) is 0 Å². The molecule has 0 saturated heterocycles. The van der Waals surface area contributed by atoms with Crippen molar-refractivity contribution >= 4 is 0 Å². The highest BCUT2D eigenvalue weighted by molar-refractivity contribution is 4.77. The number of hydrogen-bond donors (Lipinski definition) is 0. The van der Waals surface area contributed by atoms with Crippen molar-refractivity contribution in [2.75, 3.05) is 14.0 Å². The maximum atomic E-state index is 12.8. The van der Waals surface area contributed by atoms with Crippen LogP contribution in [0.1, 0.15) is 0 Å². The minimum absolute atomic E-state index is 0.201. The molecule has 4 nitrogen and oxygen atoms in total. The van der Waals surface area contributed by atoms with Gasteiger partial charge in [0.05, 0.1) is 0 Å². The number of halogens is 13. The average molecular weight is 412 g/mol. The fourth-order valence-electron chi connectivity index (χ4n) is 0.831. The largest absolute Gasteiger partial charge is 0.453 e. The van der Waals surface area contributed by atoms with E-state index in [2.05, 4.69) is 9.47 Å². The molecule has 0 spiro atoms. The quantitative estimate of drug-likeness (QED) is 0.505. The van der Waals surface area contributed by atoms with Crippen molar-refractivity contribution in [2.45, 2.75) is 36.7 Å². The van der Waals surface area contributed by atoms with Gasteiger partial charge in [-0.25, -0.2) is 13.9 Å². The van der Waals surface area contributed by atoms with Crippen molar-refractivity contribution in [3.05, 3.63) is 0 Å². The van der Waals surface area contributed by atoms with Crippen LogP contribution in [0.3, 0.4) is 0 Å². The lowest BCUT2D eigenvalue weighted by atomic mass is 10.5. The van der Waals surface area contributed by atoms with E-state index in [-0.39, 0.29) is 7.11 Å². The predicted molar refractivity (Wildman–Crippen MR) is 45.9 cm³/mol. The second-order valence-electron chi connectivity index (χ2n) is 3.76. The first-order valence-electron chi connectivity index (χ1n) is 5.21. The van der Waals surface area contributed by atoms with E-state index in [1.54, 1.807) is 9.47 Å². The van der Waals surface area contributed by atoms with Crippen molar-refractivity contribution in [1.29, 1.82) is 0 Å². The number of ether oxygens (including phenoxy) is 4. The molecule has 0 aliphatic carbocycles. The van der Waals surface area contributed by atoms with Gasteiger partial charge in [0.15, 0.2) is 6.86 Å². The molecule has 0 atom stereocenters. The molecule has 0 aliphatic rings. The van der Waals surface area contributed by atoms with E-state index in [1.807, 2.05) is 0 Å². The van der Waals surface area contributed by atoms with E-state index >= 15 is 0 Å². The molecule has 0 rings (SSSR count). The molecule has 0 radical (unpaired) electrons. The zero-order chi connectivity index (χ0) is 20.5. The van der Waals surface area contributed by atoms with Crippen molar-refractivity contribution in [3.8, 4) is 0 Å². The molecule has 0 amide bonds. The van der Waals surface area contributed by atoms with Gasteiger partial charge in [0.1, 0.15) is 0 Å². The molecule has 0 aliphatic heterocycles. The van der Waals surface area contributed by atoms with E-state index in [0.717, 1.165) is 0 Å². The molecule has 0 aromatic carbocycles. The normalized spacial score (nSPS) is 15.6. The minimum Gasteiger partial charge on any atom is -0.317 e. The Kier molecular flexibility index (Phi) is 6.62. The van der Waals surface area contributed by atoms with E-state index in [1.165, 1.54) is 0 Å². The highest BCUT2D eigenvalue weighted by Crippen LogP contribution is 2.49. The fourth-order valence-corrected chi connectivity index (χ4v) is 0.831. The van der Waals surface area contributed by atoms with Gasteiger partial charge in [-0.15, -0.1) is 0 Å². The highest BCUT2D eigenvalue weighted by atomic mass is 19.4. The van der Waals surface area contributed by atoms with Crippen LogP contribution in [0.4, 0.5) is 57.1 Å². The second-order valence-corrected chi connectivity index (χ2v) is 3.76. The van der Waals surface area contributed by atoms with Gasteiger partial charge in [-0.3, -0.25) is 4.74 Å². The van der Waals surface area contributed by atoms with Gasteiger partial charge in [0.2, 0.25) is 0 Å². The van der Waals surface area contributed by atoms with Crippen LogP contribution in [-0.4, -0.2) is 50.6 Å². The SMILES string of the molecule is COC(F)(F)C(F)(F)OC(F)(F)C(F)(F)OC(F)(F)C(F)(F)OCF. The first-order chi connectivity index (χ1) is 10.8. The Balaban J connectivity index is 5.55. The van der Waals surface area contributed by atoms with Crippen molar-refractivity contribution in [2.24, 2.45) is 0 Å². The van der Waals surface area contributed by atoms with Crippen LogP contribution < -0.4 is 0 Å². The lowest BCUT2D eigenvalue weighted by molar-refractivity contribution is -0.563. The van der Waals surface area contributed by atoms with E-state index in [0.29, 0.717) is 0 Å². The third-order valence-electron chi connectivity index (χ3n) is 2.02. The monoisotopic (exact) mass is 412 g/mol. The van der Waals surface area contributed by atoms with Gasteiger partial charge in [-0.2, -0.15) is 52.7 Å². The zero-order valence-electron chi connectivity index (χ0n) is 11.3. The van der Waals surface area contributed by atoms with Crippen LogP contribution >= 0.6 is 0 Å². The van der Waals surface area contributed by atoms with Crippen LogP contribution in [0, 0.1) is 0 Å². The summed E-state index contributed by atoms with van der Waals surface area (Å²) in [5, 5.41) is 0. The zero-order valence-corrected chi connectivity index (χ0v) is 11.3. The Hall–Kier alpha value is -1.07. The first-order valence-corrected chi connectivity index (χ1v) is 5.21. The van der Waals surface area contributed by atoms with E-state index < -0.39 is 43.5 Å². The maximum Gasteiger partial charge on any atom is 0.453 e. The van der Waals surface area contributed by atoms with Gasteiger partial charge in [0.25, 0.3) is 0 Å². The molecule has 0 unspecified atom stereocenters. The van der Waals surface area contributed by atoms with Gasteiger partial charge in [-0.05, 0) is 0 Å². The van der Waals surface area contributed by atoms with Crippen LogP contribution in [0.5, 0.6) is 0 Å². The topological polar surface area (TPSA) is 36.9 Å². The predicted octanol–water partition coefficient (Wildman–Crippen LogP) is 4.17. The summed E-state index contributed by atoms with van der Waals surface area (Å²) in [7, 11) is -0.201. The Morgan fingerprint density at radius 2 is 0.800 bits per heavy atom. The molecule has 0 N–H and O–H groups in total. The van der Waals surface area contributed by atoms with Crippen molar-refractivity contribution in [3.63, 3.8) is 0 Å². The van der Waals surface area contributed by atoms with Crippen LogP contribution in [0.2, 0.25) is 0 Å². The standard InChI is InChI=1S/C8H5F13O4/c1-22-3(10,11)5(14,15)24-7(18,19)8(20,21)25-6(16,17)4(12,13)23-2-9/h2H2,1H3. The Bertz CT molecular complexity index is 451. The average Bonchev–Trinajstić information content (AvgIpc) is 2.35. The summed E-state index contributed by atoms with van der Waals surface area (Å²) >= 11 is 0. The second kappa shape index (κ2) is 6.92. The minimum atomic E-state index is -7.05. The first kappa shape index (κ1) is 23.9. The Labute approximate surface area is 128 Å². The van der Waals surface area contributed by atoms with Gasteiger partial charge in [-0.1, -0.05) is 0 Å². The summed E-state index contributed by atoms with van der Waals surface area (Å²) in [5.74, 6) is 0. The summed E-state index contributed by atoms with van der Waals surface area (Å²) in [6.45, 7) is -2.73. The Morgan fingerprint density at radius 1 is 0.520 bits per heavy atom. The summed E-state index contributed by atoms with van der Waals surface area (Å²) in [4.78, 5) is 0. The molecular weight excluding hydrogens is 407 g/mol. The molecule has 0 aromatic rings. The Morgan fingerprint density at radius 3 is 1.08 bits per heavy atom. The number of hydrogen-bond acceptors (Lipinski definition) is 4. The lowest BCUT2D eigenvalue weighted by Crippen LogP contribution is -2.58. The summed E-state index contributed by atoms with van der Waals surface area (Å²) < 4.78 is 172. The molecule has 0 heterocycles. The molecule has 25 heavy (non-hydrogen) atoms. The fraction of sp³-hybridized carbons (Fsp3) is 1.00. The van der Waals surface area contributed by atoms with Gasteiger partial charge in [0, 0.05) is 7.11 Å². The van der Waals surface area contributed by atoms with Crippen LogP contribution in [-0.2, 0) is 18.9 Å². The summed E-state index contributed by atoms with van der Waals surface area (Å²) in [6.07, 6.45) is -39.6. The van der Waals surface area contributed by atoms with Crippen molar-refractivity contribution in [1.82, 2.24) is 0 Å². The lowest BCUT2D eigenvalue weighted by Gasteiger charge is -2.34. The molecule has 0 fully saturated rings. The van der Waals surface area contributed by atoms with Gasteiger partial charge < -0.3 is 4.74 Å². The third-order valence-corrected chi connectivity index (χ3v) is 2.02. The number of rotatable bonds is 10.